The van der Waals surface area contributed by atoms with E-state index in [0.29, 0.717) is 17.4 Å². The number of anilines is 1. The summed E-state index contributed by atoms with van der Waals surface area (Å²) in [6, 6.07) is 12.3. The molecule has 2 aromatic carbocycles. The van der Waals surface area contributed by atoms with E-state index in [9.17, 15) is 9.90 Å². The van der Waals surface area contributed by atoms with Crippen LogP contribution in [0, 0.1) is 0 Å². The molecular formula is C17H19NO3. The van der Waals surface area contributed by atoms with E-state index >= 15 is 0 Å². The number of ether oxygens (including phenoxy) is 1. The molecule has 0 amide bonds. The van der Waals surface area contributed by atoms with Gasteiger partial charge in [-0.15, -0.1) is 0 Å². The Bertz CT molecular complexity index is 635. The van der Waals surface area contributed by atoms with Crippen molar-refractivity contribution in [1.29, 1.82) is 0 Å². The first-order valence-corrected chi connectivity index (χ1v) is 6.92. The fourth-order valence-corrected chi connectivity index (χ4v) is 2.06. The Labute approximate surface area is 124 Å². The monoisotopic (exact) mass is 285 g/mol. The fourth-order valence-electron chi connectivity index (χ4n) is 2.06. The number of aromatic carboxylic acids is 1. The second-order valence-corrected chi connectivity index (χ2v) is 5.01. The highest BCUT2D eigenvalue weighted by Crippen LogP contribution is 2.32. The quantitative estimate of drug-likeness (QED) is 0.804. The number of hydrogen-bond acceptors (Lipinski definition) is 3. The molecule has 0 aliphatic rings. The highest BCUT2D eigenvalue weighted by molar-refractivity contribution is 5.93. The third-order valence-corrected chi connectivity index (χ3v) is 3.56. The largest absolute Gasteiger partial charge is 0.478 e. The third-order valence-electron chi connectivity index (χ3n) is 3.56. The molecule has 0 bridgehead atoms. The average molecular weight is 285 g/mol. The lowest BCUT2D eigenvalue weighted by molar-refractivity contribution is 0.0694. The molecule has 0 radical (unpaired) electrons. The topological polar surface area (TPSA) is 72.5 Å². The molecule has 4 nitrogen and oxygen atoms in total. The van der Waals surface area contributed by atoms with Gasteiger partial charge in [-0.05, 0) is 42.2 Å². The summed E-state index contributed by atoms with van der Waals surface area (Å²) in [5.74, 6) is 0.174. The molecule has 0 heterocycles. The molecule has 0 aliphatic carbocycles. The average Bonchev–Trinajstić information content (AvgIpc) is 2.49. The van der Waals surface area contributed by atoms with Crippen LogP contribution in [0.2, 0.25) is 0 Å². The highest BCUT2D eigenvalue weighted by Gasteiger charge is 2.15. The summed E-state index contributed by atoms with van der Waals surface area (Å²) >= 11 is 0. The minimum atomic E-state index is -1.06. The molecule has 1 atom stereocenters. The van der Waals surface area contributed by atoms with E-state index in [0.717, 1.165) is 6.42 Å². The van der Waals surface area contributed by atoms with Crippen molar-refractivity contribution >= 4 is 11.7 Å². The Morgan fingerprint density at radius 1 is 1.24 bits per heavy atom. The predicted octanol–water partition coefficient (Wildman–Crippen LogP) is 4.27. The van der Waals surface area contributed by atoms with Crippen LogP contribution < -0.4 is 10.5 Å². The molecule has 1 unspecified atom stereocenters. The summed E-state index contributed by atoms with van der Waals surface area (Å²) in [6.45, 7) is 4.30. The number of carboxylic acids is 1. The van der Waals surface area contributed by atoms with Crippen molar-refractivity contribution < 1.29 is 14.6 Å². The fraction of sp³-hybridized carbons (Fsp3) is 0.235. The molecule has 110 valence electrons. The molecule has 2 aromatic rings. The van der Waals surface area contributed by atoms with Crippen LogP contribution in [0.1, 0.15) is 42.1 Å². The lowest BCUT2D eigenvalue weighted by Crippen LogP contribution is -2.03. The van der Waals surface area contributed by atoms with Crippen LogP contribution in [-0.4, -0.2) is 11.1 Å². The zero-order chi connectivity index (χ0) is 15.4. The van der Waals surface area contributed by atoms with Crippen molar-refractivity contribution in [3.8, 4) is 11.5 Å². The summed E-state index contributed by atoms with van der Waals surface area (Å²) in [4.78, 5) is 11.2. The van der Waals surface area contributed by atoms with Crippen molar-refractivity contribution in [2.24, 2.45) is 0 Å². The van der Waals surface area contributed by atoms with Gasteiger partial charge in [0.05, 0.1) is 5.69 Å². The molecule has 0 spiro atoms. The van der Waals surface area contributed by atoms with Crippen LogP contribution in [0.5, 0.6) is 11.5 Å². The summed E-state index contributed by atoms with van der Waals surface area (Å²) in [5.41, 5.74) is 7.41. The summed E-state index contributed by atoms with van der Waals surface area (Å²) in [6.07, 6.45) is 1.06. The Kier molecular flexibility index (Phi) is 4.48. The molecular weight excluding hydrogens is 266 g/mol. The molecule has 0 fully saturated rings. The van der Waals surface area contributed by atoms with Crippen LogP contribution in [0.15, 0.2) is 42.5 Å². The van der Waals surface area contributed by atoms with Crippen LogP contribution >= 0.6 is 0 Å². The van der Waals surface area contributed by atoms with Gasteiger partial charge in [0.2, 0.25) is 0 Å². The first-order chi connectivity index (χ1) is 10.0. The van der Waals surface area contributed by atoms with Gasteiger partial charge < -0.3 is 15.6 Å². The minimum Gasteiger partial charge on any atom is -0.478 e. The van der Waals surface area contributed by atoms with Crippen LogP contribution in [0.3, 0.4) is 0 Å². The van der Waals surface area contributed by atoms with Crippen molar-refractivity contribution in [2.45, 2.75) is 26.2 Å². The second kappa shape index (κ2) is 6.31. The van der Waals surface area contributed by atoms with E-state index in [1.54, 1.807) is 12.1 Å². The molecule has 0 saturated heterocycles. The van der Waals surface area contributed by atoms with E-state index in [1.807, 2.05) is 24.3 Å². The maximum atomic E-state index is 11.2. The number of para-hydroxylation sites is 1. The van der Waals surface area contributed by atoms with Gasteiger partial charge >= 0.3 is 5.97 Å². The maximum absolute atomic E-state index is 11.2. The van der Waals surface area contributed by atoms with E-state index in [-0.39, 0.29) is 11.3 Å². The standard InChI is InChI=1S/C17H19NO3/c1-3-11(2)12-7-9-13(10-8-12)21-16-14(17(19)20)5-4-6-15(16)18/h4-11H,3,18H2,1-2H3,(H,19,20). The van der Waals surface area contributed by atoms with Crippen LogP contribution in [0.25, 0.3) is 0 Å². The van der Waals surface area contributed by atoms with E-state index < -0.39 is 5.97 Å². The minimum absolute atomic E-state index is 0.0565. The van der Waals surface area contributed by atoms with Gasteiger partial charge in [-0.25, -0.2) is 4.79 Å². The van der Waals surface area contributed by atoms with Gasteiger partial charge in [-0.1, -0.05) is 32.0 Å². The van der Waals surface area contributed by atoms with Gasteiger partial charge in [0, 0.05) is 0 Å². The summed E-state index contributed by atoms with van der Waals surface area (Å²) in [7, 11) is 0. The van der Waals surface area contributed by atoms with Gasteiger partial charge in [0.15, 0.2) is 5.75 Å². The van der Waals surface area contributed by atoms with Crippen molar-refractivity contribution in [1.82, 2.24) is 0 Å². The molecule has 4 heteroatoms. The molecule has 0 saturated carbocycles. The number of benzene rings is 2. The summed E-state index contributed by atoms with van der Waals surface area (Å²) in [5, 5.41) is 9.18. The number of carbonyl (C=O) groups is 1. The number of carboxylic acid groups (broad SMARTS) is 1. The van der Waals surface area contributed by atoms with Crippen molar-refractivity contribution in [2.75, 3.05) is 5.73 Å². The molecule has 21 heavy (non-hydrogen) atoms. The Balaban J connectivity index is 2.28. The molecule has 0 aromatic heterocycles. The molecule has 2 rings (SSSR count). The van der Waals surface area contributed by atoms with Crippen LogP contribution in [-0.2, 0) is 0 Å². The summed E-state index contributed by atoms with van der Waals surface area (Å²) < 4.78 is 5.66. The Morgan fingerprint density at radius 2 is 1.90 bits per heavy atom. The first-order valence-electron chi connectivity index (χ1n) is 6.92. The predicted molar refractivity (Wildman–Crippen MR) is 83.0 cm³/mol. The van der Waals surface area contributed by atoms with Gasteiger partial charge in [-0.2, -0.15) is 0 Å². The zero-order valence-corrected chi connectivity index (χ0v) is 12.2. The lowest BCUT2D eigenvalue weighted by atomic mass is 9.99. The Morgan fingerprint density at radius 3 is 2.48 bits per heavy atom. The normalized spacial score (nSPS) is 11.9. The van der Waals surface area contributed by atoms with Gasteiger partial charge in [0.1, 0.15) is 11.3 Å². The maximum Gasteiger partial charge on any atom is 0.339 e. The molecule has 3 N–H and O–H groups in total. The lowest BCUT2D eigenvalue weighted by Gasteiger charge is -2.13. The number of hydrogen-bond donors (Lipinski definition) is 2. The third kappa shape index (κ3) is 3.34. The first kappa shape index (κ1) is 14.9. The van der Waals surface area contributed by atoms with Gasteiger partial charge in [0.25, 0.3) is 0 Å². The Hall–Kier alpha value is -2.49. The molecule has 0 aliphatic heterocycles. The number of nitrogen functional groups attached to an aromatic ring is 1. The zero-order valence-electron chi connectivity index (χ0n) is 12.2. The highest BCUT2D eigenvalue weighted by atomic mass is 16.5. The van der Waals surface area contributed by atoms with E-state index in [1.165, 1.54) is 11.6 Å². The van der Waals surface area contributed by atoms with Crippen molar-refractivity contribution in [3.63, 3.8) is 0 Å². The smallest absolute Gasteiger partial charge is 0.339 e. The SMILES string of the molecule is CCC(C)c1ccc(Oc2c(N)cccc2C(=O)O)cc1. The number of nitrogens with two attached hydrogens (primary N) is 1. The van der Waals surface area contributed by atoms with E-state index in [2.05, 4.69) is 13.8 Å². The second-order valence-electron chi connectivity index (χ2n) is 5.01. The number of rotatable bonds is 5. The van der Waals surface area contributed by atoms with Crippen LogP contribution in [0.4, 0.5) is 5.69 Å². The van der Waals surface area contributed by atoms with Gasteiger partial charge in [-0.3, -0.25) is 0 Å². The van der Waals surface area contributed by atoms with E-state index in [4.69, 9.17) is 10.5 Å². The van der Waals surface area contributed by atoms with Crippen molar-refractivity contribution in [3.05, 3.63) is 53.6 Å².